The Bertz CT molecular complexity index is 1150. The summed E-state index contributed by atoms with van der Waals surface area (Å²) < 4.78 is 13.7. The summed E-state index contributed by atoms with van der Waals surface area (Å²) in [6, 6.07) is 19.1. The van der Waals surface area contributed by atoms with E-state index in [1.807, 2.05) is 0 Å². The van der Waals surface area contributed by atoms with Gasteiger partial charge in [-0.25, -0.2) is 9.29 Å². The fourth-order valence-electron chi connectivity index (χ4n) is 3.18. The Balaban J connectivity index is 1.41. The lowest BCUT2D eigenvalue weighted by atomic mass is 10.2. The molecule has 0 saturated carbocycles. The van der Waals surface area contributed by atoms with E-state index in [4.69, 9.17) is 11.6 Å². The van der Waals surface area contributed by atoms with Gasteiger partial charge in [-0.3, -0.25) is 14.4 Å². The Labute approximate surface area is 187 Å². The number of imide groups is 1. The van der Waals surface area contributed by atoms with Crippen molar-refractivity contribution in [2.24, 2.45) is 0 Å². The number of anilines is 2. The van der Waals surface area contributed by atoms with Gasteiger partial charge in [0.2, 0.25) is 11.8 Å². The number of rotatable bonds is 5. The highest BCUT2D eigenvalue weighted by Gasteiger charge is 2.40. The molecule has 0 bridgehead atoms. The van der Waals surface area contributed by atoms with Gasteiger partial charge in [-0.1, -0.05) is 23.7 Å². The molecule has 1 aliphatic rings. The van der Waals surface area contributed by atoms with Crippen molar-refractivity contribution in [1.82, 2.24) is 0 Å². The maximum Gasteiger partial charge on any atom is 0.258 e. The van der Waals surface area contributed by atoms with E-state index in [0.29, 0.717) is 16.4 Å². The van der Waals surface area contributed by atoms with Crippen LogP contribution in [0.5, 0.6) is 0 Å². The topological polar surface area (TPSA) is 66.5 Å². The zero-order valence-corrected chi connectivity index (χ0v) is 17.6. The van der Waals surface area contributed by atoms with E-state index in [1.54, 1.807) is 54.6 Å². The number of hydrogen-bond acceptors (Lipinski definition) is 4. The smallest absolute Gasteiger partial charge is 0.258 e. The Morgan fingerprint density at radius 2 is 1.68 bits per heavy atom. The molecule has 1 unspecified atom stereocenters. The highest BCUT2D eigenvalue weighted by atomic mass is 35.5. The van der Waals surface area contributed by atoms with Crippen LogP contribution in [0.4, 0.5) is 15.8 Å². The summed E-state index contributed by atoms with van der Waals surface area (Å²) in [5, 5.41) is 2.62. The predicted molar refractivity (Wildman–Crippen MR) is 119 cm³/mol. The maximum atomic E-state index is 13.7. The molecule has 4 rings (SSSR count). The van der Waals surface area contributed by atoms with E-state index in [-0.39, 0.29) is 23.8 Å². The van der Waals surface area contributed by atoms with E-state index in [0.717, 1.165) is 4.90 Å². The molecule has 0 aliphatic carbocycles. The Morgan fingerprint density at radius 1 is 1.00 bits per heavy atom. The maximum absolute atomic E-state index is 13.7. The van der Waals surface area contributed by atoms with E-state index in [9.17, 15) is 18.8 Å². The molecule has 5 nitrogen and oxygen atoms in total. The molecule has 3 amide bonds. The average molecular weight is 455 g/mol. The van der Waals surface area contributed by atoms with Gasteiger partial charge in [0.05, 0.1) is 16.5 Å². The summed E-state index contributed by atoms with van der Waals surface area (Å²) in [6.45, 7) is 0. The first-order valence-electron chi connectivity index (χ1n) is 9.37. The molecule has 1 heterocycles. The molecule has 3 aromatic rings. The number of benzene rings is 3. The second kappa shape index (κ2) is 8.91. The normalized spacial score (nSPS) is 15.9. The minimum absolute atomic E-state index is 0.0432. The molecule has 0 spiro atoms. The standard InChI is InChI=1S/C23H16ClFN2O3S/c24-14-5-9-16(10-6-14)27-21(28)13-20(23(27)30)31-17-11-7-15(8-12-17)26-22(29)18-3-1-2-4-19(18)25/h1-12,20H,13H2,(H,26,29). The second-order valence-corrected chi connectivity index (χ2v) is 8.53. The number of nitrogens with one attached hydrogen (secondary N) is 1. The van der Waals surface area contributed by atoms with E-state index < -0.39 is 17.0 Å². The van der Waals surface area contributed by atoms with Gasteiger partial charge in [0.25, 0.3) is 5.91 Å². The zero-order chi connectivity index (χ0) is 22.0. The van der Waals surface area contributed by atoms with Crippen LogP contribution in [0.1, 0.15) is 16.8 Å². The molecule has 0 aromatic heterocycles. The van der Waals surface area contributed by atoms with Crippen LogP contribution in [0, 0.1) is 5.82 Å². The summed E-state index contributed by atoms with van der Waals surface area (Å²) in [7, 11) is 0. The minimum atomic E-state index is -0.596. The molecule has 1 fully saturated rings. The first-order chi connectivity index (χ1) is 14.9. The van der Waals surface area contributed by atoms with Gasteiger partial charge in [0.15, 0.2) is 0 Å². The summed E-state index contributed by atoms with van der Waals surface area (Å²) in [5.41, 5.74) is 0.946. The highest BCUT2D eigenvalue weighted by Crippen LogP contribution is 2.34. The minimum Gasteiger partial charge on any atom is -0.322 e. The van der Waals surface area contributed by atoms with Gasteiger partial charge in [-0.05, 0) is 60.7 Å². The van der Waals surface area contributed by atoms with Crippen molar-refractivity contribution in [3.8, 4) is 0 Å². The predicted octanol–water partition coefficient (Wildman–Crippen LogP) is 5.16. The van der Waals surface area contributed by atoms with Crippen molar-refractivity contribution in [3.63, 3.8) is 0 Å². The van der Waals surface area contributed by atoms with Crippen molar-refractivity contribution in [2.45, 2.75) is 16.6 Å². The van der Waals surface area contributed by atoms with Gasteiger partial charge in [-0.15, -0.1) is 11.8 Å². The van der Waals surface area contributed by atoms with Crippen LogP contribution in [0.3, 0.4) is 0 Å². The molecule has 156 valence electrons. The first kappa shape index (κ1) is 21.1. The van der Waals surface area contributed by atoms with Crippen LogP contribution in [0.2, 0.25) is 5.02 Å². The van der Waals surface area contributed by atoms with Crippen LogP contribution in [0.25, 0.3) is 0 Å². The number of hydrogen-bond donors (Lipinski definition) is 1. The molecule has 8 heteroatoms. The molecular formula is C23H16ClFN2O3S. The summed E-state index contributed by atoms with van der Waals surface area (Å²) >= 11 is 7.16. The summed E-state index contributed by atoms with van der Waals surface area (Å²) in [6.07, 6.45) is 0.0951. The number of carbonyl (C=O) groups excluding carboxylic acids is 3. The van der Waals surface area contributed by atoms with Gasteiger partial charge in [0, 0.05) is 22.0 Å². The Morgan fingerprint density at radius 3 is 2.35 bits per heavy atom. The summed E-state index contributed by atoms with van der Waals surface area (Å²) in [4.78, 5) is 39.3. The van der Waals surface area contributed by atoms with Crippen LogP contribution in [-0.2, 0) is 9.59 Å². The molecule has 0 radical (unpaired) electrons. The van der Waals surface area contributed by atoms with Gasteiger partial charge >= 0.3 is 0 Å². The number of amides is 3. The molecule has 1 aliphatic heterocycles. The Kier molecular flexibility index (Phi) is 6.06. The summed E-state index contributed by atoms with van der Waals surface area (Å²) in [5.74, 6) is -1.69. The highest BCUT2D eigenvalue weighted by molar-refractivity contribution is 8.00. The first-order valence-corrected chi connectivity index (χ1v) is 10.6. The molecule has 31 heavy (non-hydrogen) atoms. The van der Waals surface area contributed by atoms with Crippen LogP contribution in [-0.4, -0.2) is 23.0 Å². The van der Waals surface area contributed by atoms with Crippen LogP contribution in [0.15, 0.2) is 77.7 Å². The third-order valence-electron chi connectivity index (χ3n) is 4.70. The van der Waals surface area contributed by atoms with Crippen molar-refractivity contribution in [1.29, 1.82) is 0 Å². The van der Waals surface area contributed by atoms with Gasteiger partial charge in [-0.2, -0.15) is 0 Å². The third-order valence-corrected chi connectivity index (χ3v) is 6.15. The van der Waals surface area contributed by atoms with Crippen molar-refractivity contribution in [2.75, 3.05) is 10.2 Å². The number of nitrogens with zero attached hydrogens (tertiary/aromatic N) is 1. The fraction of sp³-hybridized carbons (Fsp3) is 0.0870. The fourth-order valence-corrected chi connectivity index (χ4v) is 4.36. The molecule has 1 N–H and O–H groups in total. The second-order valence-electron chi connectivity index (χ2n) is 6.81. The largest absolute Gasteiger partial charge is 0.322 e. The van der Waals surface area contributed by atoms with Crippen molar-refractivity contribution < 1.29 is 18.8 Å². The van der Waals surface area contributed by atoms with Crippen molar-refractivity contribution >= 4 is 52.5 Å². The van der Waals surface area contributed by atoms with E-state index in [2.05, 4.69) is 5.32 Å². The average Bonchev–Trinajstić information content (AvgIpc) is 3.03. The zero-order valence-electron chi connectivity index (χ0n) is 16.0. The molecule has 1 saturated heterocycles. The van der Waals surface area contributed by atoms with Crippen LogP contribution >= 0.6 is 23.4 Å². The lowest BCUT2D eigenvalue weighted by Gasteiger charge is -2.15. The lowest BCUT2D eigenvalue weighted by molar-refractivity contribution is -0.121. The number of halogens is 2. The number of thioether (sulfide) groups is 1. The van der Waals surface area contributed by atoms with Crippen molar-refractivity contribution in [3.05, 3.63) is 89.2 Å². The molecule has 3 aromatic carbocycles. The third kappa shape index (κ3) is 4.62. The molecule has 1 atom stereocenters. The van der Waals surface area contributed by atoms with Crippen LogP contribution < -0.4 is 10.2 Å². The van der Waals surface area contributed by atoms with Gasteiger partial charge in [0.1, 0.15) is 5.82 Å². The monoisotopic (exact) mass is 454 g/mol. The van der Waals surface area contributed by atoms with E-state index >= 15 is 0 Å². The SMILES string of the molecule is O=C(Nc1ccc(SC2CC(=O)N(c3ccc(Cl)cc3)C2=O)cc1)c1ccccc1F. The Hall–Kier alpha value is -3.16. The quantitative estimate of drug-likeness (QED) is 0.541. The van der Waals surface area contributed by atoms with Gasteiger partial charge < -0.3 is 5.32 Å². The lowest BCUT2D eigenvalue weighted by Crippen LogP contribution is -2.31. The van der Waals surface area contributed by atoms with E-state index in [1.165, 1.54) is 34.9 Å². The number of carbonyl (C=O) groups is 3. The molecular weight excluding hydrogens is 439 g/mol.